The van der Waals surface area contributed by atoms with Gasteiger partial charge in [-0.1, -0.05) is 37.0 Å². The standard InChI is InChI=1S/C18H17Cl2N3S/c1-12(2)10-23-17(15-6-5-13(19)8-16(15)20)11-24-18(23)22-14-4-3-7-21-9-14/h3-9,11-12H,10H2,1-2H3. The summed E-state index contributed by atoms with van der Waals surface area (Å²) >= 11 is 14.0. The van der Waals surface area contributed by atoms with E-state index in [1.807, 2.05) is 24.3 Å². The van der Waals surface area contributed by atoms with Gasteiger partial charge in [-0.2, -0.15) is 0 Å². The molecule has 0 saturated carbocycles. The molecule has 3 rings (SSSR count). The van der Waals surface area contributed by atoms with Crippen molar-refractivity contribution in [2.24, 2.45) is 10.9 Å². The third kappa shape index (κ3) is 3.89. The van der Waals surface area contributed by atoms with Gasteiger partial charge in [0, 0.05) is 28.7 Å². The van der Waals surface area contributed by atoms with Gasteiger partial charge in [-0.05, 0) is 36.2 Å². The van der Waals surface area contributed by atoms with E-state index in [1.54, 1.807) is 29.8 Å². The molecule has 0 aliphatic carbocycles. The molecule has 2 aromatic heterocycles. The van der Waals surface area contributed by atoms with Crippen LogP contribution >= 0.6 is 34.5 Å². The second kappa shape index (κ2) is 7.51. The lowest BCUT2D eigenvalue weighted by Crippen LogP contribution is -2.19. The van der Waals surface area contributed by atoms with Crippen LogP contribution in [0.2, 0.25) is 10.0 Å². The van der Waals surface area contributed by atoms with E-state index in [-0.39, 0.29) is 0 Å². The Kier molecular flexibility index (Phi) is 5.39. The first-order chi connectivity index (χ1) is 11.5. The van der Waals surface area contributed by atoms with Crippen LogP contribution in [0.5, 0.6) is 0 Å². The number of benzene rings is 1. The number of rotatable bonds is 4. The first kappa shape index (κ1) is 17.2. The van der Waals surface area contributed by atoms with Crippen LogP contribution in [-0.2, 0) is 6.54 Å². The van der Waals surface area contributed by atoms with Gasteiger partial charge >= 0.3 is 0 Å². The molecule has 1 aromatic carbocycles. The van der Waals surface area contributed by atoms with Crippen molar-refractivity contribution < 1.29 is 0 Å². The third-order valence-corrected chi connectivity index (χ3v) is 4.83. The molecule has 0 N–H and O–H groups in total. The molecule has 124 valence electrons. The molecule has 2 heterocycles. The number of hydrogen-bond donors (Lipinski definition) is 0. The molecule has 0 fully saturated rings. The zero-order valence-corrected chi connectivity index (χ0v) is 15.7. The summed E-state index contributed by atoms with van der Waals surface area (Å²) in [5, 5.41) is 3.37. The van der Waals surface area contributed by atoms with E-state index in [0.717, 1.165) is 28.3 Å². The molecule has 0 bridgehead atoms. The molecule has 0 saturated heterocycles. The van der Waals surface area contributed by atoms with E-state index < -0.39 is 0 Å². The maximum Gasteiger partial charge on any atom is 0.190 e. The Morgan fingerprint density at radius 2 is 2.08 bits per heavy atom. The van der Waals surface area contributed by atoms with Gasteiger partial charge in [0.05, 0.1) is 22.6 Å². The van der Waals surface area contributed by atoms with Crippen molar-refractivity contribution in [2.45, 2.75) is 20.4 Å². The second-order valence-corrected chi connectivity index (χ2v) is 7.54. The molecule has 6 heteroatoms. The molecule has 0 aliphatic heterocycles. The highest BCUT2D eigenvalue weighted by molar-refractivity contribution is 7.07. The van der Waals surface area contributed by atoms with Crippen LogP contribution in [0, 0.1) is 5.92 Å². The highest BCUT2D eigenvalue weighted by atomic mass is 35.5. The lowest BCUT2D eigenvalue weighted by molar-refractivity contribution is 0.518. The quantitative estimate of drug-likeness (QED) is 0.564. The molecule has 0 spiro atoms. The number of nitrogens with zero attached hydrogens (tertiary/aromatic N) is 3. The highest BCUT2D eigenvalue weighted by Gasteiger charge is 2.13. The topological polar surface area (TPSA) is 30.2 Å². The van der Waals surface area contributed by atoms with E-state index in [2.05, 4.69) is 28.8 Å². The number of thiazole rings is 1. The molecular weight excluding hydrogens is 361 g/mol. The zero-order valence-electron chi connectivity index (χ0n) is 13.4. The second-order valence-electron chi connectivity index (χ2n) is 5.86. The highest BCUT2D eigenvalue weighted by Crippen LogP contribution is 2.31. The van der Waals surface area contributed by atoms with Gasteiger partial charge in [0.1, 0.15) is 0 Å². The zero-order chi connectivity index (χ0) is 17.1. The minimum absolute atomic E-state index is 0.484. The van der Waals surface area contributed by atoms with Crippen LogP contribution < -0.4 is 4.80 Å². The maximum absolute atomic E-state index is 6.41. The van der Waals surface area contributed by atoms with Crippen molar-refractivity contribution in [3.8, 4) is 11.3 Å². The van der Waals surface area contributed by atoms with Crippen molar-refractivity contribution in [2.75, 3.05) is 0 Å². The van der Waals surface area contributed by atoms with Crippen LogP contribution in [0.15, 0.2) is 53.1 Å². The van der Waals surface area contributed by atoms with Gasteiger partial charge in [-0.15, -0.1) is 11.3 Å². The predicted molar refractivity (Wildman–Crippen MR) is 102 cm³/mol. The van der Waals surface area contributed by atoms with Crippen LogP contribution in [-0.4, -0.2) is 9.55 Å². The average Bonchev–Trinajstić information content (AvgIpc) is 2.90. The smallest absolute Gasteiger partial charge is 0.190 e. The maximum atomic E-state index is 6.41. The average molecular weight is 378 g/mol. The molecule has 3 aromatic rings. The first-order valence-electron chi connectivity index (χ1n) is 7.63. The fraction of sp³-hybridized carbons (Fsp3) is 0.222. The molecule has 0 atom stereocenters. The number of pyridine rings is 1. The van der Waals surface area contributed by atoms with Gasteiger partial charge in [0.15, 0.2) is 4.80 Å². The lowest BCUT2D eigenvalue weighted by atomic mass is 10.1. The number of hydrogen-bond acceptors (Lipinski definition) is 3. The summed E-state index contributed by atoms with van der Waals surface area (Å²) in [5.74, 6) is 0.484. The van der Waals surface area contributed by atoms with Gasteiger partial charge in [0.2, 0.25) is 0 Å². The van der Waals surface area contributed by atoms with Crippen molar-refractivity contribution in [1.29, 1.82) is 0 Å². The summed E-state index contributed by atoms with van der Waals surface area (Å²) in [6, 6.07) is 9.42. The molecule has 0 amide bonds. The molecular formula is C18H17Cl2N3S. The van der Waals surface area contributed by atoms with Gasteiger partial charge in [-0.3, -0.25) is 4.98 Å². The molecule has 3 nitrogen and oxygen atoms in total. The Hall–Kier alpha value is -1.62. The summed E-state index contributed by atoms with van der Waals surface area (Å²) in [4.78, 5) is 9.79. The fourth-order valence-corrected chi connectivity index (χ4v) is 3.84. The van der Waals surface area contributed by atoms with Crippen molar-refractivity contribution >= 4 is 40.2 Å². The summed E-state index contributed by atoms with van der Waals surface area (Å²) in [5.41, 5.74) is 2.86. The van der Waals surface area contributed by atoms with Gasteiger partial charge in [0.25, 0.3) is 0 Å². The molecule has 0 unspecified atom stereocenters. The number of aromatic nitrogens is 2. The van der Waals surface area contributed by atoms with Crippen molar-refractivity contribution in [3.63, 3.8) is 0 Å². The van der Waals surface area contributed by atoms with Crippen LogP contribution in [0.3, 0.4) is 0 Å². The Bertz CT molecular complexity index is 898. The SMILES string of the molecule is CC(C)Cn1c(-c2ccc(Cl)cc2Cl)csc1=Nc1cccnc1. The van der Waals surface area contributed by atoms with Crippen molar-refractivity contribution in [1.82, 2.24) is 9.55 Å². The van der Waals surface area contributed by atoms with E-state index in [0.29, 0.717) is 16.0 Å². The van der Waals surface area contributed by atoms with Crippen molar-refractivity contribution in [3.05, 3.63) is 63.0 Å². The molecule has 0 aliphatic rings. The normalized spacial score (nSPS) is 12.1. The van der Waals surface area contributed by atoms with Crippen LogP contribution in [0.4, 0.5) is 5.69 Å². The lowest BCUT2D eigenvalue weighted by Gasteiger charge is -2.12. The Labute approximate surface area is 155 Å². The number of halogens is 2. The summed E-state index contributed by atoms with van der Waals surface area (Å²) in [7, 11) is 0. The third-order valence-electron chi connectivity index (χ3n) is 3.42. The van der Waals surface area contributed by atoms with E-state index in [4.69, 9.17) is 28.2 Å². The first-order valence-corrected chi connectivity index (χ1v) is 9.26. The summed E-state index contributed by atoms with van der Waals surface area (Å²) in [6.45, 7) is 5.23. The Morgan fingerprint density at radius 1 is 1.25 bits per heavy atom. The van der Waals surface area contributed by atoms with Crippen LogP contribution in [0.25, 0.3) is 11.3 Å². The predicted octanol–water partition coefficient (Wildman–Crippen LogP) is 5.81. The van der Waals surface area contributed by atoms with E-state index in [1.165, 1.54) is 0 Å². The Morgan fingerprint density at radius 3 is 2.75 bits per heavy atom. The largest absolute Gasteiger partial charge is 0.316 e. The molecule has 0 radical (unpaired) electrons. The Balaban J connectivity index is 2.16. The minimum atomic E-state index is 0.484. The van der Waals surface area contributed by atoms with Gasteiger partial charge < -0.3 is 4.57 Å². The fourth-order valence-electron chi connectivity index (χ4n) is 2.40. The van der Waals surface area contributed by atoms with E-state index in [9.17, 15) is 0 Å². The van der Waals surface area contributed by atoms with Crippen LogP contribution in [0.1, 0.15) is 13.8 Å². The minimum Gasteiger partial charge on any atom is -0.316 e. The monoisotopic (exact) mass is 377 g/mol. The van der Waals surface area contributed by atoms with Gasteiger partial charge in [-0.25, -0.2) is 4.99 Å². The molecule has 24 heavy (non-hydrogen) atoms. The summed E-state index contributed by atoms with van der Waals surface area (Å²) in [6.07, 6.45) is 3.50. The van der Waals surface area contributed by atoms with E-state index >= 15 is 0 Å². The summed E-state index contributed by atoms with van der Waals surface area (Å²) < 4.78 is 2.21.